The van der Waals surface area contributed by atoms with E-state index in [0.29, 0.717) is 6.54 Å². The largest absolute Gasteiger partial charge is 0.507 e. The Labute approximate surface area is 123 Å². The van der Waals surface area contributed by atoms with Crippen molar-refractivity contribution < 1.29 is 9.90 Å². The van der Waals surface area contributed by atoms with Crippen LogP contribution in [-0.2, 0) is 4.79 Å². The molecule has 2 aromatic carbocycles. The molecular weight excluding hydrogens is 270 g/mol. The molecule has 0 saturated heterocycles. The predicted octanol–water partition coefficient (Wildman–Crippen LogP) is 3.55. The molecule has 1 atom stereocenters. The molecular formula is C16H19NO2S. The van der Waals surface area contributed by atoms with Gasteiger partial charge in [-0.05, 0) is 30.9 Å². The highest BCUT2D eigenvalue weighted by Gasteiger charge is 2.15. The fourth-order valence-electron chi connectivity index (χ4n) is 1.99. The molecule has 106 valence electrons. The van der Waals surface area contributed by atoms with Gasteiger partial charge in [0.05, 0.1) is 5.25 Å². The van der Waals surface area contributed by atoms with Gasteiger partial charge in [0.1, 0.15) is 5.75 Å². The van der Waals surface area contributed by atoms with Crippen LogP contribution in [0.1, 0.15) is 20.3 Å². The summed E-state index contributed by atoms with van der Waals surface area (Å²) in [5, 5.41) is 14.4. The summed E-state index contributed by atoms with van der Waals surface area (Å²) in [6, 6.07) is 11.2. The second-order valence-corrected chi connectivity index (χ2v) is 6.06. The molecule has 2 rings (SSSR count). The average Bonchev–Trinajstić information content (AvgIpc) is 2.47. The first-order chi connectivity index (χ1) is 9.63. The van der Waals surface area contributed by atoms with Gasteiger partial charge in [0.25, 0.3) is 0 Å². The molecule has 0 aromatic heterocycles. The van der Waals surface area contributed by atoms with E-state index in [1.54, 1.807) is 6.07 Å². The van der Waals surface area contributed by atoms with Crippen molar-refractivity contribution in [1.29, 1.82) is 0 Å². The molecule has 20 heavy (non-hydrogen) atoms. The third kappa shape index (κ3) is 3.25. The van der Waals surface area contributed by atoms with Crippen LogP contribution in [0.3, 0.4) is 0 Å². The number of carbonyl (C=O) groups excluding carboxylic acids is 1. The van der Waals surface area contributed by atoms with Gasteiger partial charge >= 0.3 is 0 Å². The number of carbonyl (C=O) groups is 1. The van der Waals surface area contributed by atoms with Crippen LogP contribution in [0.4, 0.5) is 0 Å². The molecule has 0 saturated carbocycles. The van der Waals surface area contributed by atoms with Gasteiger partial charge < -0.3 is 10.4 Å². The molecule has 0 aliphatic carbocycles. The van der Waals surface area contributed by atoms with Gasteiger partial charge in [-0.1, -0.05) is 31.2 Å². The summed E-state index contributed by atoms with van der Waals surface area (Å²) in [5.74, 6) is 0.321. The second-order valence-electron chi connectivity index (χ2n) is 4.68. The molecule has 0 aliphatic heterocycles. The third-order valence-corrected chi connectivity index (χ3v) is 4.26. The van der Waals surface area contributed by atoms with Crippen molar-refractivity contribution in [3.63, 3.8) is 0 Å². The van der Waals surface area contributed by atoms with Crippen molar-refractivity contribution in [2.24, 2.45) is 0 Å². The Kier molecular flexibility index (Phi) is 4.90. The fraction of sp³-hybridized carbons (Fsp3) is 0.312. The minimum Gasteiger partial charge on any atom is -0.507 e. The van der Waals surface area contributed by atoms with Crippen LogP contribution in [0.25, 0.3) is 10.8 Å². The normalized spacial score (nSPS) is 12.3. The number of rotatable bonds is 5. The van der Waals surface area contributed by atoms with Crippen LogP contribution >= 0.6 is 11.8 Å². The van der Waals surface area contributed by atoms with Crippen molar-refractivity contribution in [3.05, 3.63) is 36.4 Å². The maximum absolute atomic E-state index is 11.9. The second kappa shape index (κ2) is 6.66. The zero-order chi connectivity index (χ0) is 14.5. The first kappa shape index (κ1) is 14.7. The summed E-state index contributed by atoms with van der Waals surface area (Å²) in [5.41, 5.74) is 0. The lowest BCUT2D eigenvalue weighted by Crippen LogP contribution is -2.31. The maximum Gasteiger partial charge on any atom is 0.233 e. The molecule has 0 heterocycles. The van der Waals surface area contributed by atoms with Crippen LogP contribution < -0.4 is 5.32 Å². The van der Waals surface area contributed by atoms with E-state index in [1.807, 2.05) is 44.2 Å². The van der Waals surface area contributed by atoms with E-state index in [-0.39, 0.29) is 16.9 Å². The van der Waals surface area contributed by atoms with E-state index in [0.717, 1.165) is 22.1 Å². The monoisotopic (exact) mass is 289 g/mol. The highest BCUT2D eigenvalue weighted by molar-refractivity contribution is 8.00. The number of phenols is 1. The lowest BCUT2D eigenvalue weighted by atomic mass is 10.1. The van der Waals surface area contributed by atoms with Gasteiger partial charge in [-0.15, -0.1) is 11.8 Å². The number of amides is 1. The first-order valence-electron chi connectivity index (χ1n) is 6.78. The van der Waals surface area contributed by atoms with Crippen LogP contribution in [0.2, 0.25) is 0 Å². The van der Waals surface area contributed by atoms with E-state index < -0.39 is 0 Å². The van der Waals surface area contributed by atoms with Crippen molar-refractivity contribution in [2.45, 2.75) is 30.4 Å². The Hall–Kier alpha value is -1.68. The molecule has 0 spiro atoms. The Balaban J connectivity index is 2.22. The number of hydrogen-bond acceptors (Lipinski definition) is 3. The summed E-state index contributed by atoms with van der Waals surface area (Å²) in [6.07, 6.45) is 0.936. The molecule has 4 heteroatoms. The highest BCUT2D eigenvalue weighted by Crippen LogP contribution is 2.35. The Morgan fingerprint density at radius 3 is 2.65 bits per heavy atom. The lowest BCUT2D eigenvalue weighted by molar-refractivity contribution is -0.120. The molecule has 2 aromatic rings. The van der Waals surface area contributed by atoms with Crippen molar-refractivity contribution >= 4 is 28.4 Å². The molecule has 0 fully saturated rings. The van der Waals surface area contributed by atoms with Gasteiger partial charge in [-0.2, -0.15) is 0 Å². The highest BCUT2D eigenvalue weighted by atomic mass is 32.2. The molecule has 3 nitrogen and oxygen atoms in total. The van der Waals surface area contributed by atoms with Gasteiger partial charge in [0.15, 0.2) is 0 Å². The molecule has 1 unspecified atom stereocenters. The summed E-state index contributed by atoms with van der Waals surface area (Å²) in [6.45, 7) is 4.64. The smallest absolute Gasteiger partial charge is 0.233 e. The van der Waals surface area contributed by atoms with Gasteiger partial charge in [0.2, 0.25) is 5.91 Å². The van der Waals surface area contributed by atoms with E-state index in [4.69, 9.17) is 0 Å². The number of phenolic OH excluding ortho intramolecular Hbond substituents is 1. The standard InChI is InChI=1S/C16H19NO2S/c1-3-10-17-16(19)11(2)20-15-9-8-14(18)12-6-4-5-7-13(12)15/h4-9,11,18H,3,10H2,1-2H3,(H,17,19). The van der Waals surface area contributed by atoms with Crippen molar-refractivity contribution in [1.82, 2.24) is 5.32 Å². The van der Waals surface area contributed by atoms with E-state index >= 15 is 0 Å². The van der Waals surface area contributed by atoms with Gasteiger partial charge in [0, 0.05) is 16.8 Å². The molecule has 2 N–H and O–H groups in total. The quantitative estimate of drug-likeness (QED) is 0.828. The Bertz CT molecular complexity index is 612. The molecule has 1 amide bonds. The first-order valence-corrected chi connectivity index (χ1v) is 7.66. The van der Waals surface area contributed by atoms with Crippen molar-refractivity contribution in [3.8, 4) is 5.75 Å². The maximum atomic E-state index is 11.9. The number of aromatic hydroxyl groups is 1. The number of benzene rings is 2. The number of thioether (sulfide) groups is 1. The Morgan fingerprint density at radius 1 is 1.25 bits per heavy atom. The predicted molar refractivity (Wildman–Crippen MR) is 84.2 cm³/mol. The van der Waals surface area contributed by atoms with Gasteiger partial charge in [-0.3, -0.25) is 4.79 Å². The van der Waals surface area contributed by atoms with E-state index in [9.17, 15) is 9.90 Å². The number of fused-ring (bicyclic) bond motifs is 1. The topological polar surface area (TPSA) is 49.3 Å². The lowest BCUT2D eigenvalue weighted by Gasteiger charge is -2.13. The summed E-state index contributed by atoms with van der Waals surface area (Å²) < 4.78 is 0. The Morgan fingerprint density at radius 2 is 1.95 bits per heavy atom. The zero-order valence-electron chi connectivity index (χ0n) is 11.7. The van der Waals surface area contributed by atoms with Crippen LogP contribution in [-0.4, -0.2) is 22.8 Å². The molecule has 0 aliphatic rings. The van der Waals surface area contributed by atoms with E-state index in [1.165, 1.54) is 11.8 Å². The summed E-state index contributed by atoms with van der Waals surface area (Å²) in [7, 11) is 0. The summed E-state index contributed by atoms with van der Waals surface area (Å²) >= 11 is 1.52. The number of hydrogen-bond donors (Lipinski definition) is 2. The zero-order valence-corrected chi connectivity index (χ0v) is 12.5. The SMILES string of the molecule is CCCNC(=O)C(C)Sc1ccc(O)c2ccccc12. The molecule has 0 radical (unpaired) electrons. The summed E-state index contributed by atoms with van der Waals surface area (Å²) in [4.78, 5) is 12.9. The van der Waals surface area contributed by atoms with Crippen LogP contribution in [0, 0.1) is 0 Å². The average molecular weight is 289 g/mol. The third-order valence-electron chi connectivity index (χ3n) is 3.08. The molecule has 0 bridgehead atoms. The van der Waals surface area contributed by atoms with Crippen LogP contribution in [0.15, 0.2) is 41.3 Å². The van der Waals surface area contributed by atoms with Crippen LogP contribution in [0.5, 0.6) is 5.75 Å². The number of nitrogens with one attached hydrogen (secondary N) is 1. The minimum atomic E-state index is -0.158. The fourth-order valence-corrected chi connectivity index (χ4v) is 3.02. The van der Waals surface area contributed by atoms with Gasteiger partial charge in [-0.25, -0.2) is 0 Å². The van der Waals surface area contributed by atoms with Crippen molar-refractivity contribution in [2.75, 3.05) is 6.54 Å². The minimum absolute atomic E-state index is 0.0500. The van der Waals surface area contributed by atoms with E-state index in [2.05, 4.69) is 5.32 Å².